The maximum absolute atomic E-state index is 13.0. The van der Waals surface area contributed by atoms with Crippen LogP contribution in [0.3, 0.4) is 0 Å². The van der Waals surface area contributed by atoms with Crippen molar-refractivity contribution in [1.29, 1.82) is 0 Å². The Balaban J connectivity index is 1.78. The van der Waals surface area contributed by atoms with E-state index in [9.17, 15) is 14.0 Å². The number of hydrogen-bond acceptors (Lipinski definition) is 3. The summed E-state index contributed by atoms with van der Waals surface area (Å²) < 4.78 is 18.1. The maximum atomic E-state index is 13.0. The summed E-state index contributed by atoms with van der Waals surface area (Å²) in [5.74, 6) is -1.54. The standard InChI is InChI=1S/C16H11ClFNO3/c17-12-8-10(18)5-6-13(12)19-15(20)14-7-9-3-1-2-4-11(9)16(21)22-14/h1-6,8,14H,7H2,(H,19,20). The number of carbonyl (C=O) groups excluding carboxylic acids is 2. The molecule has 1 aliphatic heterocycles. The van der Waals surface area contributed by atoms with Gasteiger partial charge in [-0.1, -0.05) is 29.8 Å². The third kappa shape index (κ3) is 2.80. The summed E-state index contributed by atoms with van der Waals surface area (Å²) in [6.45, 7) is 0. The molecule has 0 aliphatic carbocycles. The molecule has 0 saturated heterocycles. The van der Waals surface area contributed by atoms with Gasteiger partial charge in [0.25, 0.3) is 5.91 Å². The Morgan fingerprint density at radius 1 is 1.27 bits per heavy atom. The van der Waals surface area contributed by atoms with Crippen molar-refractivity contribution in [1.82, 2.24) is 0 Å². The molecule has 1 unspecified atom stereocenters. The summed E-state index contributed by atoms with van der Waals surface area (Å²) in [5.41, 5.74) is 1.48. The molecule has 1 atom stereocenters. The lowest BCUT2D eigenvalue weighted by Crippen LogP contribution is -2.38. The van der Waals surface area contributed by atoms with Crippen molar-refractivity contribution in [3.8, 4) is 0 Å². The Morgan fingerprint density at radius 3 is 2.82 bits per heavy atom. The van der Waals surface area contributed by atoms with Crippen molar-refractivity contribution >= 4 is 29.2 Å². The number of anilines is 1. The second-order valence-corrected chi connectivity index (χ2v) is 5.28. The third-order valence-corrected chi connectivity index (χ3v) is 3.69. The van der Waals surface area contributed by atoms with Crippen molar-refractivity contribution in [3.05, 3.63) is 64.4 Å². The van der Waals surface area contributed by atoms with Gasteiger partial charge >= 0.3 is 5.97 Å². The van der Waals surface area contributed by atoms with E-state index in [1.165, 1.54) is 12.1 Å². The van der Waals surface area contributed by atoms with E-state index in [4.69, 9.17) is 16.3 Å². The topological polar surface area (TPSA) is 55.4 Å². The summed E-state index contributed by atoms with van der Waals surface area (Å²) in [5, 5.41) is 2.62. The molecular weight excluding hydrogens is 309 g/mol. The third-order valence-electron chi connectivity index (χ3n) is 3.37. The van der Waals surface area contributed by atoms with Crippen LogP contribution < -0.4 is 5.32 Å². The Morgan fingerprint density at radius 2 is 2.05 bits per heavy atom. The largest absolute Gasteiger partial charge is 0.448 e. The van der Waals surface area contributed by atoms with E-state index in [0.29, 0.717) is 5.56 Å². The fraction of sp³-hybridized carbons (Fsp3) is 0.125. The number of fused-ring (bicyclic) bond motifs is 1. The number of rotatable bonds is 2. The molecule has 1 aliphatic rings. The number of esters is 1. The average molecular weight is 320 g/mol. The minimum atomic E-state index is -0.941. The van der Waals surface area contributed by atoms with E-state index >= 15 is 0 Å². The normalized spacial score (nSPS) is 16.6. The summed E-state index contributed by atoms with van der Waals surface area (Å²) in [7, 11) is 0. The molecule has 1 N–H and O–H groups in total. The van der Waals surface area contributed by atoms with Gasteiger partial charge in [-0.25, -0.2) is 9.18 Å². The first-order valence-corrected chi connectivity index (χ1v) is 6.97. The first-order chi connectivity index (χ1) is 10.5. The molecule has 1 amide bonds. The fourth-order valence-corrected chi connectivity index (χ4v) is 2.50. The molecule has 2 aromatic carbocycles. The number of hydrogen-bond donors (Lipinski definition) is 1. The molecule has 22 heavy (non-hydrogen) atoms. The van der Waals surface area contributed by atoms with Crippen LogP contribution in [0.25, 0.3) is 0 Å². The van der Waals surface area contributed by atoms with Crippen LogP contribution >= 0.6 is 11.6 Å². The maximum Gasteiger partial charge on any atom is 0.339 e. The molecule has 0 bridgehead atoms. The van der Waals surface area contributed by atoms with E-state index in [-0.39, 0.29) is 17.1 Å². The summed E-state index contributed by atoms with van der Waals surface area (Å²) in [6.07, 6.45) is -0.657. The van der Waals surface area contributed by atoms with Crippen LogP contribution in [-0.4, -0.2) is 18.0 Å². The lowest BCUT2D eigenvalue weighted by atomic mass is 9.98. The molecule has 1 heterocycles. The van der Waals surface area contributed by atoms with E-state index in [2.05, 4.69) is 5.32 Å². The minimum absolute atomic E-state index is 0.0795. The minimum Gasteiger partial charge on any atom is -0.448 e. The van der Waals surface area contributed by atoms with E-state index in [1.54, 1.807) is 24.3 Å². The lowest BCUT2D eigenvalue weighted by molar-refractivity contribution is -0.125. The molecule has 0 aromatic heterocycles. The molecule has 4 nitrogen and oxygen atoms in total. The lowest BCUT2D eigenvalue weighted by Gasteiger charge is -2.23. The Kier molecular flexibility index (Phi) is 3.81. The van der Waals surface area contributed by atoms with Gasteiger partial charge in [-0.05, 0) is 29.8 Å². The highest BCUT2D eigenvalue weighted by Crippen LogP contribution is 2.25. The summed E-state index contributed by atoms with van der Waals surface area (Å²) in [6, 6.07) is 10.6. The van der Waals surface area contributed by atoms with Crippen LogP contribution in [0.1, 0.15) is 15.9 Å². The predicted molar refractivity (Wildman–Crippen MR) is 79.4 cm³/mol. The highest BCUT2D eigenvalue weighted by atomic mass is 35.5. The molecule has 0 saturated carbocycles. The van der Waals surface area contributed by atoms with Gasteiger partial charge in [0.2, 0.25) is 0 Å². The number of ether oxygens (including phenoxy) is 1. The SMILES string of the molecule is O=C1OC(C(=O)Nc2ccc(F)cc2Cl)Cc2ccccc21. The van der Waals surface area contributed by atoms with Crippen molar-refractivity contribution in [2.45, 2.75) is 12.5 Å². The number of nitrogens with one attached hydrogen (secondary N) is 1. The molecule has 6 heteroatoms. The van der Waals surface area contributed by atoms with Crippen molar-refractivity contribution < 1.29 is 18.7 Å². The second-order valence-electron chi connectivity index (χ2n) is 4.87. The van der Waals surface area contributed by atoms with E-state index in [0.717, 1.165) is 11.6 Å². The number of carbonyl (C=O) groups is 2. The zero-order chi connectivity index (χ0) is 15.7. The van der Waals surface area contributed by atoms with Crippen LogP contribution in [0.15, 0.2) is 42.5 Å². The zero-order valence-corrected chi connectivity index (χ0v) is 12.1. The molecule has 0 spiro atoms. The van der Waals surface area contributed by atoms with Crippen molar-refractivity contribution in [2.75, 3.05) is 5.32 Å². The monoisotopic (exact) mass is 319 g/mol. The number of cyclic esters (lactones) is 1. The second kappa shape index (κ2) is 5.77. The van der Waals surface area contributed by atoms with Crippen LogP contribution in [0.2, 0.25) is 5.02 Å². The average Bonchev–Trinajstić information content (AvgIpc) is 2.50. The van der Waals surface area contributed by atoms with Gasteiger partial charge in [-0.15, -0.1) is 0 Å². The van der Waals surface area contributed by atoms with Crippen LogP contribution in [-0.2, 0) is 16.0 Å². The molecule has 2 aromatic rings. The predicted octanol–water partition coefficient (Wildman–Crippen LogP) is 3.20. The smallest absolute Gasteiger partial charge is 0.339 e. The quantitative estimate of drug-likeness (QED) is 0.865. The molecular formula is C16H11ClFNO3. The fourth-order valence-electron chi connectivity index (χ4n) is 2.28. The van der Waals surface area contributed by atoms with Gasteiger partial charge in [-0.3, -0.25) is 4.79 Å². The first-order valence-electron chi connectivity index (χ1n) is 6.59. The van der Waals surface area contributed by atoms with Crippen LogP contribution in [0, 0.1) is 5.82 Å². The van der Waals surface area contributed by atoms with Crippen LogP contribution in [0.4, 0.5) is 10.1 Å². The zero-order valence-electron chi connectivity index (χ0n) is 11.3. The molecule has 3 rings (SSSR count). The molecule has 112 valence electrons. The Labute approximate surface area is 130 Å². The molecule has 0 radical (unpaired) electrons. The summed E-state index contributed by atoms with van der Waals surface area (Å²) >= 11 is 5.86. The first kappa shape index (κ1) is 14.5. The van der Waals surface area contributed by atoms with Crippen LogP contribution in [0.5, 0.6) is 0 Å². The van der Waals surface area contributed by atoms with E-state index < -0.39 is 23.8 Å². The highest BCUT2D eigenvalue weighted by Gasteiger charge is 2.31. The van der Waals surface area contributed by atoms with Gasteiger partial charge in [0.05, 0.1) is 16.3 Å². The summed E-state index contributed by atoms with van der Waals surface area (Å²) in [4.78, 5) is 24.1. The number of amides is 1. The van der Waals surface area contributed by atoms with Gasteiger partial charge in [-0.2, -0.15) is 0 Å². The van der Waals surface area contributed by atoms with Gasteiger partial charge in [0.15, 0.2) is 6.10 Å². The van der Waals surface area contributed by atoms with Gasteiger partial charge in [0, 0.05) is 6.42 Å². The van der Waals surface area contributed by atoms with E-state index in [1.807, 2.05) is 0 Å². The number of benzene rings is 2. The van der Waals surface area contributed by atoms with Gasteiger partial charge in [0.1, 0.15) is 5.82 Å². The molecule has 0 fully saturated rings. The Hall–Kier alpha value is -2.40. The number of halogens is 2. The Bertz CT molecular complexity index is 763. The van der Waals surface area contributed by atoms with Crippen molar-refractivity contribution in [2.24, 2.45) is 0 Å². The highest BCUT2D eigenvalue weighted by molar-refractivity contribution is 6.33. The van der Waals surface area contributed by atoms with Gasteiger partial charge < -0.3 is 10.1 Å². The van der Waals surface area contributed by atoms with Crippen molar-refractivity contribution in [3.63, 3.8) is 0 Å².